The molecule has 0 radical (unpaired) electrons. The van der Waals surface area contributed by atoms with Gasteiger partial charge in [0.1, 0.15) is 39.9 Å². The van der Waals surface area contributed by atoms with Crippen molar-refractivity contribution in [2.24, 2.45) is 37.6 Å². The third kappa shape index (κ3) is 3.36. The number of aryl methyl sites for hydroxylation is 1. The lowest BCUT2D eigenvalue weighted by Crippen LogP contribution is -2.36. The van der Waals surface area contributed by atoms with Crippen molar-refractivity contribution in [2.75, 3.05) is 0 Å². The summed E-state index contributed by atoms with van der Waals surface area (Å²) in [5.74, 6) is 1.90. The van der Waals surface area contributed by atoms with Crippen LogP contribution in [0.2, 0.25) is 5.02 Å². The van der Waals surface area contributed by atoms with Gasteiger partial charge in [0.15, 0.2) is 0 Å². The van der Waals surface area contributed by atoms with Gasteiger partial charge in [-0.2, -0.15) is 20.2 Å². The van der Waals surface area contributed by atoms with Gasteiger partial charge in [0.05, 0.1) is 22.1 Å². The Hall–Kier alpha value is -3.38. The number of H-pyrrole nitrogens is 1. The van der Waals surface area contributed by atoms with Gasteiger partial charge in [0.2, 0.25) is 5.96 Å². The van der Waals surface area contributed by atoms with E-state index in [-0.39, 0.29) is 17.4 Å². The minimum Gasteiger partial charge on any atom is -0.368 e. The number of aromatic nitrogens is 4. The molecule has 3 aromatic rings. The highest BCUT2D eigenvalue weighted by Gasteiger charge is 2.40. The fourth-order valence-electron chi connectivity index (χ4n) is 4.22. The molecule has 1 aromatic carbocycles. The number of hydrogen-bond acceptors (Lipinski definition) is 8. The van der Waals surface area contributed by atoms with Crippen molar-refractivity contribution in [2.45, 2.75) is 25.8 Å². The number of rotatable bonds is 4. The van der Waals surface area contributed by atoms with Crippen molar-refractivity contribution in [3.63, 3.8) is 0 Å². The lowest BCUT2D eigenvalue weighted by molar-refractivity contribution is 0.571. The molecule has 1 aliphatic carbocycles. The van der Waals surface area contributed by atoms with E-state index in [4.69, 9.17) is 27.3 Å². The molecule has 1 unspecified atom stereocenters. The van der Waals surface area contributed by atoms with Crippen LogP contribution in [0.4, 0.5) is 0 Å². The van der Waals surface area contributed by atoms with Gasteiger partial charge in [-0.05, 0) is 53.7 Å². The largest absolute Gasteiger partial charge is 0.368 e. The molecule has 0 spiro atoms. The van der Waals surface area contributed by atoms with E-state index < -0.39 is 12.0 Å². The summed E-state index contributed by atoms with van der Waals surface area (Å²) in [5.41, 5.74) is 9.82. The van der Waals surface area contributed by atoms with E-state index in [1.165, 1.54) is 4.57 Å². The quantitative estimate of drug-likeness (QED) is 0.464. The Kier molecular flexibility index (Phi) is 4.88. The summed E-state index contributed by atoms with van der Waals surface area (Å²) < 4.78 is 2.14. The van der Waals surface area contributed by atoms with E-state index in [1.807, 2.05) is 6.92 Å². The number of fused-ring (bicyclic) bond motifs is 2. The second kappa shape index (κ2) is 7.84. The number of guanidine groups is 1. The minimum atomic E-state index is -0.453. The molecule has 4 heterocycles. The van der Waals surface area contributed by atoms with E-state index in [0.717, 1.165) is 18.4 Å². The maximum absolute atomic E-state index is 13.8. The Bertz CT molecular complexity index is 1530. The van der Waals surface area contributed by atoms with Crippen LogP contribution in [0.3, 0.4) is 0 Å². The standard InChI is InChI=1S/C21H18BrClN10O/c1-8-7-25-32-18(8)33-19(26-11-4-2-3-10(23)12(11)20(33)34)14(9-5-6-9)27-16-13-15(22)30-31-17(13)29-21(24)28-16/h2-4,7,9,13-14H,5-6H2,1H3,(H,25,32)(H3,24,27,28,29,31)/t13?,14-/m0/s1. The summed E-state index contributed by atoms with van der Waals surface area (Å²) in [6.45, 7) is 1.87. The smallest absolute Gasteiger partial charge is 0.268 e. The van der Waals surface area contributed by atoms with Gasteiger partial charge in [-0.15, -0.1) is 0 Å². The lowest BCUT2D eigenvalue weighted by Gasteiger charge is -2.21. The summed E-state index contributed by atoms with van der Waals surface area (Å²) in [4.78, 5) is 32.3. The third-order valence-electron chi connectivity index (χ3n) is 6.01. The van der Waals surface area contributed by atoms with Gasteiger partial charge in [0, 0.05) is 5.56 Å². The predicted octanol–water partition coefficient (Wildman–Crippen LogP) is 2.57. The van der Waals surface area contributed by atoms with Crippen molar-refractivity contribution in [1.82, 2.24) is 25.2 Å². The maximum atomic E-state index is 13.8. The predicted molar refractivity (Wildman–Crippen MR) is 134 cm³/mol. The third-order valence-corrected chi connectivity index (χ3v) is 6.96. The van der Waals surface area contributed by atoms with Crippen molar-refractivity contribution in [3.05, 3.63) is 51.2 Å². The summed E-state index contributed by atoms with van der Waals surface area (Å²) >= 11 is 9.88. The summed E-state index contributed by atoms with van der Waals surface area (Å²) in [6, 6.07) is 4.78. The zero-order valence-corrected chi connectivity index (χ0v) is 20.2. The number of amidine groups is 2. The second-order valence-corrected chi connectivity index (χ2v) is 9.58. The topological polar surface area (TPSA) is 151 Å². The van der Waals surface area contributed by atoms with Gasteiger partial charge in [-0.1, -0.05) is 17.7 Å². The number of nitrogens with two attached hydrogens (primary N) is 1. The first-order valence-electron chi connectivity index (χ1n) is 10.6. The molecular weight excluding hydrogens is 524 g/mol. The number of nitrogens with one attached hydrogen (secondary N) is 2. The fraction of sp³-hybridized carbons (Fsp3) is 0.286. The van der Waals surface area contributed by atoms with Crippen LogP contribution in [0.25, 0.3) is 16.7 Å². The molecule has 2 atom stereocenters. The fourth-order valence-corrected chi connectivity index (χ4v) is 4.98. The molecule has 6 rings (SSSR count). The number of halogens is 2. The number of nitrogens with zero attached hydrogens (tertiary/aromatic N) is 7. The molecule has 0 amide bonds. The Morgan fingerprint density at radius 3 is 2.88 bits per heavy atom. The zero-order valence-electron chi connectivity index (χ0n) is 17.8. The first-order chi connectivity index (χ1) is 16.4. The number of hydrogen-bond donors (Lipinski definition) is 3. The van der Waals surface area contributed by atoms with Crippen LogP contribution in [0, 0.1) is 18.8 Å². The van der Waals surface area contributed by atoms with Crippen LogP contribution in [-0.4, -0.2) is 42.0 Å². The monoisotopic (exact) mass is 540 g/mol. The Morgan fingerprint density at radius 1 is 1.32 bits per heavy atom. The van der Waals surface area contributed by atoms with Gasteiger partial charge in [-0.3, -0.25) is 20.3 Å². The number of aromatic amines is 1. The molecule has 11 nitrogen and oxygen atoms in total. The van der Waals surface area contributed by atoms with Gasteiger partial charge in [-0.25, -0.2) is 9.55 Å². The Labute approximate surface area is 206 Å². The zero-order chi connectivity index (χ0) is 23.6. The van der Waals surface area contributed by atoms with E-state index >= 15 is 0 Å². The summed E-state index contributed by atoms with van der Waals surface area (Å²) in [5, 5.41) is 11.9. The lowest BCUT2D eigenvalue weighted by atomic mass is 10.1. The van der Waals surface area contributed by atoms with Crippen LogP contribution in [0.5, 0.6) is 0 Å². The van der Waals surface area contributed by atoms with E-state index in [2.05, 4.69) is 46.6 Å². The molecular formula is C21H18BrClN10O. The first-order valence-corrected chi connectivity index (χ1v) is 11.8. The molecule has 3 aliphatic rings. The van der Waals surface area contributed by atoms with Crippen molar-refractivity contribution in [3.8, 4) is 5.82 Å². The van der Waals surface area contributed by atoms with Crippen LogP contribution in [-0.2, 0) is 0 Å². The average Bonchev–Trinajstić information content (AvgIpc) is 3.45. The second-order valence-electron chi connectivity index (χ2n) is 8.36. The maximum Gasteiger partial charge on any atom is 0.268 e. The molecule has 34 heavy (non-hydrogen) atoms. The van der Waals surface area contributed by atoms with Gasteiger partial charge < -0.3 is 5.73 Å². The molecule has 0 saturated heterocycles. The normalized spacial score (nSPS) is 21.7. The summed E-state index contributed by atoms with van der Waals surface area (Å²) in [7, 11) is 0. The van der Waals surface area contributed by atoms with Crippen molar-refractivity contribution >= 4 is 60.7 Å². The molecule has 4 N–H and O–H groups in total. The van der Waals surface area contributed by atoms with Gasteiger partial charge >= 0.3 is 0 Å². The van der Waals surface area contributed by atoms with Crippen LogP contribution < -0.4 is 16.7 Å². The SMILES string of the molecule is Cc1cn[nH]c1-n1c([C@@H](N=C2N=C(N)N=C3NN=C(Br)C23)C2CC2)nc2cccc(Cl)c2c1=O. The molecule has 1 fully saturated rings. The highest BCUT2D eigenvalue weighted by Crippen LogP contribution is 2.44. The highest BCUT2D eigenvalue weighted by atomic mass is 79.9. The Balaban J connectivity index is 1.61. The highest BCUT2D eigenvalue weighted by molar-refractivity contribution is 9.18. The van der Waals surface area contributed by atoms with Gasteiger partial charge in [0.25, 0.3) is 5.56 Å². The molecule has 13 heteroatoms. The van der Waals surface area contributed by atoms with Crippen LogP contribution in [0.1, 0.15) is 30.3 Å². The molecule has 2 aliphatic heterocycles. The number of benzene rings is 1. The molecule has 1 saturated carbocycles. The van der Waals surface area contributed by atoms with E-state index in [9.17, 15) is 4.79 Å². The molecule has 0 bridgehead atoms. The average molecular weight is 542 g/mol. The van der Waals surface area contributed by atoms with E-state index in [1.54, 1.807) is 24.4 Å². The first kappa shape index (κ1) is 21.2. The number of hydrazone groups is 1. The van der Waals surface area contributed by atoms with E-state index in [0.29, 0.717) is 43.9 Å². The minimum absolute atomic E-state index is 0.0875. The molecule has 2 aromatic heterocycles. The Morgan fingerprint density at radius 2 is 2.15 bits per heavy atom. The van der Waals surface area contributed by atoms with Crippen LogP contribution in [0.15, 0.2) is 49.3 Å². The summed E-state index contributed by atoms with van der Waals surface area (Å²) in [6.07, 6.45) is 3.56. The van der Waals surface area contributed by atoms with Crippen LogP contribution >= 0.6 is 27.5 Å². The number of aliphatic imine (C=N–C) groups is 3. The van der Waals surface area contributed by atoms with Crippen molar-refractivity contribution in [1.29, 1.82) is 0 Å². The van der Waals surface area contributed by atoms with Crippen molar-refractivity contribution < 1.29 is 0 Å². The molecule has 172 valence electrons.